The molecule has 1 aliphatic rings. The Balaban J connectivity index is 1.95. The second-order valence-electron chi connectivity index (χ2n) is 6.63. The zero-order valence-electron chi connectivity index (χ0n) is 12.6. The number of hydrogen-bond donors (Lipinski definition) is 2. The van der Waals surface area contributed by atoms with Crippen LogP contribution in [0.4, 0.5) is 0 Å². The zero-order chi connectivity index (χ0) is 14.6. The number of nitrogens with one attached hydrogen (secondary N) is 1. The molecular weight excluding hydrogens is 248 g/mol. The highest BCUT2D eigenvalue weighted by Gasteiger charge is 2.16. The first-order valence-electron chi connectivity index (χ1n) is 7.63. The van der Waals surface area contributed by atoms with E-state index >= 15 is 0 Å². The Morgan fingerprint density at radius 2 is 1.80 bits per heavy atom. The Morgan fingerprint density at radius 3 is 2.35 bits per heavy atom. The van der Waals surface area contributed by atoms with Crippen LogP contribution < -0.4 is 11.1 Å². The van der Waals surface area contributed by atoms with Crippen LogP contribution in [0.5, 0.6) is 0 Å². The van der Waals surface area contributed by atoms with E-state index in [-0.39, 0.29) is 11.4 Å². The lowest BCUT2D eigenvalue weighted by Gasteiger charge is -2.22. The van der Waals surface area contributed by atoms with Gasteiger partial charge in [-0.1, -0.05) is 31.4 Å². The molecule has 1 fully saturated rings. The monoisotopic (exact) mass is 274 g/mol. The summed E-state index contributed by atoms with van der Waals surface area (Å²) in [6.07, 6.45) is 6.60. The summed E-state index contributed by atoms with van der Waals surface area (Å²) in [5, 5.41) is 2.87. The van der Waals surface area contributed by atoms with E-state index in [1.807, 2.05) is 26.0 Å². The molecule has 1 saturated carbocycles. The van der Waals surface area contributed by atoms with E-state index in [9.17, 15) is 4.79 Å². The van der Waals surface area contributed by atoms with Gasteiger partial charge < -0.3 is 11.1 Å². The third-order valence-electron chi connectivity index (χ3n) is 3.95. The number of benzene rings is 1. The van der Waals surface area contributed by atoms with Crippen molar-refractivity contribution in [2.45, 2.75) is 57.4 Å². The third kappa shape index (κ3) is 4.34. The lowest BCUT2D eigenvalue weighted by atomic mass is 9.84. The van der Waals surface area contributed by atoms with Gasteiger partial charge in [0.25, 0.3) is 5.91 Å². The zero-order valence-corrected chi connectivity index (χ0v) is 12.6. The van der Waals surface area contributed by atoms with Crippen molar-refractivity contribution in [3.63, 3.8) is 0 Å². The van der Waals surface area contributed by atoms with Crippen molar-refractivity contribution in [1.82, 2.24) is 5.32 Å². The van der Waals surface area contributed by atoms with E-state index in [2.05, 4.69) is 17.4 Å². The molecule has 3 nitrogen and oxygen atoms in total. The van der Waals surface area contributed by atoms with Gasteiger partial charge in [-0.2, -0.15) is 0 Å². The molecule has 0 heterocycles. The van der Waals surface area contributed by atoms with Crippen LogP contribution in [-0.2, 0) is 0 Å². The molecule has 0 saturated heterocycles. The molecule has 0 radical (unpaired) electrons. The molecule has 0 bridgehead atoms. The van der Waals surface area contributed by atoms with E-state index in [1.54, 1.807) is 0 Å². The fourth-order valence-corrected chi connectivity index (χ4v) is 2.75. The predicted molar refractivity (Wildman–Crippen MR) is 82.9 cm³/mol. The molecule has 1 aromatic rings. The van der Waals surface area contributed by atoms with Gasteiger partial charge in [0.05, 0.1) is 0 Å². The lowest BCUT2D eigenvalue weighted by Crippen LogP contribution is -2.45. The fourth-order valence-electron chi connectivity index (χ4n) is 2.75. The minimum Gasteiger partial charge on any atom is -0.350 e. The van der Waals surface area contributed by atoms with Crippen molar-refractivity contribution in [1.29, 1.82) is 0 Å². The Hall–Kier alpha value is -1.35. The van der Waals surface area contributed by atoms with Crippen LogP contribution in [0, 0.1) is 0 Å². The van der Waals surface area contributed by atoms with E-state index in [0.29, 0.717) is 18.0 Å². The van der Waals surface area contributed by atoms with Gasteiger partial charge in [-0.25, -0.2) is 0 Å². The molecule has 0 aromatic heterocycles. The van der Waals surface area contributed by atoms with Crippen LogP contribution in [0.1, 0.15) is 67.8 Å². The van der Waals surface area contributed by atoms with Gasteiger partial charge in [0.15, 0.2) is 0 Å². The van der Waals surface area contributed by atoms with E-state index in [1.165, 1.54) is 37.7 Å². The molecule has 0 unspecified atom stereocenters. The van der Waals surface area contributed by atoms with Crippen LogP contribution in [0.25, 0.3) is 0 Å². The van der Waals surface area contributed by atoms with Gasteiger partial charge in [-0.3, -0.25) is 4.79 Å². The quantitative estimate of drug-likeness (QED) is 0.886. The second kappa shape index (κ2) is 6.40. The van der Waals surface area contributed by atoms with Gasteiger partial charge >= 0.3 is 0 Å². The van der Waals surface area contributed by atoms with Crippen LogP contribution in [0.15, 0.2) is 24.3 Å². The first-order valence-corrected chi connectivity index (χ1v) is 7.63. The maximum Gasteiger partial charge on any atom is 0.251 e. The Bertz CT molecular complexity index is 439. The van der Waals surface area contributed by atoms with Gasteiger partial charge in [-0.05, 0) is 50.3 Å². The largest absolute Gasteiger partial charge is 0.350 e. The minimum absolute atomic E-state index is 0.0429. The Kier molecular flexibility index (Phi) is 4.81. The summed E-state index contributed by atoms with van der Waals surface area (Å²) in [6.45, 7) is 4.29. The van der Waals surface area contributed by atoms with Crippen molar-refractivity contribution >= 4 is 5.91 Å². The molecule has 2 rings (SSSR count). The molecule has 3 heteroatoms. The van der Waals surface area contributed by atoms with Crippen LogP contribution in [0.2, 0.25) is 0 Å². The van der Waals surface area contributed by atoms with Crippen LogP contribution in [-0.4, -0.2) is 18.0 Å². The predicted octanol–water partition coefficient (Wildman–Crippen LogP) is 3.20. The molecule has 0 atom stereocenters. The number of nitrogens with two attached hydrogens (primary N) is 1. The molecule has 0 aliphatic heterocycles. The van der Waals surface area contributed by atoms with Gasteiger partial charge in [-0.15, -0.1) is 0 Å². The van der Waals surface area contributed by atoms with Crippen molar-refractivity contribution < 1.29 is 4.79 Å². The fraction of sp³-hybridized carbons (Fsp3) is 0.588. The average Bonchev–Trinajstić information content (AvgIpc) is 2.45. The molecular formula is C17H26N2O. The summed E-state index contributed by atoms with van der Waals surface area (Å²) in [7, 11) is 0. The van der Waals surface area contributed by atoms with Crippen molar-refractivity contribution in [2.75, 3.05) is 6.54 Å². The van der Waals surface area contributed by atoms with E-state index < -0.39 is 0 Å². The average molecular weight is 274 g/mol. The summed E-state index contributed by atoms with van der Waals surface area (Å²) in [5.74, 6) is 0.641. The summed E-state index contributed by atoms with van der Waals surface area (Å²) >= 11 is 0. The third-order valence-corrected chi connectivity index (χ3v) is 3.95. The number of carbonyl (C=O) groups excluding carboxylic acids is 1. The molecule has 3 N–H and O–H groups in total. The van der Waals surface area contributed by atoms with Crippen molar-refractivity contribution in [3.8, 4) is 0 Å². The van der Waals surface area contributed by atoms with Crippen molar-refractivity contribution in [2.24, 2.45) is 5.73 Å². The first-order chi connectivity index (χ1) is 9.46. The summed E-state index contributed by atoms with van der Waals surface area (Å²) in [6, 6.07) is 8.09. The van der Waals surface area contributed by atoms with Crippen LogP contribution in [0.3, 0.4) is 0 Å². The van der Waals surface area contributed by atoms with Gasteiger partial charge in [0, 0.05) is 17.6 Å². The highest BCUT2D eigenvalue weighted by atomic mass is 16.1. The standard InChI is InChI=1S/C17H26N2O/c1-17(2,18)12-19-16(20)15-10-8-14(9-11-15)13-6-4-3-5-7-13/h8-11,13H,3-7,12,18H2,1-2H3,(H,19,20). The molecule has 1 aromatic carbocycles. The number of hydrogen-bond acceptors (Lipinski definition) is 2. The van der Waals surface area contributed by atoms with Gasteiger partial charge in [0.1, 0.15) is 0 Å². The van der Waals surface area contributed by atoms with E-state index in [0.717, 1.165) is 0 Å². The molecule has 20 heavy (non-hydrogen) atoms. The highest BCUT2D eigenvalue weighted by Crippen LogP contribution is 2.32. The maximum atomic E-state index is 12.0. The smallest absolute Gasteiger partial charge is 0.251 e. The summed E-state index contributed by atoms with van der Waals surface area (Å²) in [5.41, 5.74) is 7.58. The minimum atomic E-state index is -0.377. The van der Waals surface area contributed by atoms with Crippen LogP contribution >= 0.6 is 0 Å². The summed E-state index contributed by atoms with van der Waals surface area (Å²) < 4.78 is 0. The summed E-state index contributed by atoms with van der Waals surface area (Å²) in [4.78, 5) is 12.0. The number of amides is 1. The maximum absolute atomic E-state index is 12.0. The first kappa shape index (κ1) is 15.0. The van der Waals surface area contributed by atoms with Gasteiger partial charge in [0.2, 0.25) is 0 Å². The van der Waals surface area contributed by atoms with E-state index in [4.69, 9.17) is 5.73 Å². The number of rotatable bonds is 4. The molecule has 1 amide bonds. The lowest BCUT2D eigenvalue weighted by molar-refractivity contribution is 0.0946. The molecule has 0 spiro atoms. The number of carbonyl (C=O) groups is 1. The molecule has 1 aliphatic carbocycles. The second-order valence-corrected chi connectivity index (χ2v) is 6.63. The highest BCUT2D eigenvalue weighted by molar-refractivity contribution is 5.94. The molecule has 110 valence electrons. The van der Waals surface area contributed by atoms with Crippen molar-refractivity contribution in [3.05, 3.63) is 35.4 Å². The Labute approximate surface area is 121 Å². The topological polar surface area (TPSA) is 55.1 Å². The normalized spacial score (nSPS) is 16.9. The Morgan fingerprint density at radius 1 is 1.20 bits per heavy atom. The SMILES string of the molecule is CC(C)(N)CNC(=O)c1ccc(C2CCCCC2)cc1.